The SMILES string of the molecule is CC(C)OC(=O)CN(C)Cc1ccc(C(F)(F)F)cc1. The molecule has 0 atom stereocenters. The Labute approximate surface area is 116 Å². The molecule has 1 aromatic carbocycles. The van der Waals surface area contributed by atoms with E-state index in [0.29, 0.717) is 12.1 Å². The third-order valence-corrected chi connectivity index (χ3v) is 2.50. The highest BCUT2D eigenvalue weighted by Crippen LogP contribution is 2.29. The molecule has 0 aliphatic carbocycles. The molecule has 0 heterocycles. The maximum Gasteiger partial charge on any atom is 0.416 e. The molecule has 3 nitrogen and oxygen atoms in total. The molecule has 112 valence electrons. The lowest BCUT2D eigenvalue weighted by atomic mass is 10.1. The quantitative estimate of drug-likeness (QED) is 0.780. The van der Waals surface area contributed by atoms with E-state index in [2.05, 4.69) is 0 Å². The summed E-state index contributed by atoms with van der Waals surface area (Å²) in [5.74, 6) is -0.352. The van der Waals surface area contributed by atoms with Crippen LogP contribution in [0.4, 0.5) is 13.2 Å². The van der Waals surface area contributed by atoms with Gasteiger partial charge in [0.2, 0.25) is 0 Å². The van der Waals surface area contributed by atoms with Crippen LogP contribution >= 0.6 is 0 Å². The van der Waals surface area contributed by atoms with Gasteiger partial charge in [-0.2, -0.15) is 13.2 Å². The van der Waals surface area contributed by atoms with Gasteiger partial charge in [-0.1, -0.05) is 12.1 Å². The van der Waals surface area contributed by atoms with Crippen LogP contribution in [0.2, 0.25) is 0 Å². The van der Waals surface area contributed by atoms with Crippen molar-refractivity contribution in [1.29, 1.82) is 0 Å². The topological polar surface area (TPSA) is 29.5 Å². The number of halogens is 3. The smallest absolute Gasteiger partial charge is 0.416 e. The average molecular weight is 289 g/mol. The normalized spacial score (nSPS) is 12.0. The summed E-state index contributed by atoms with van der Waals surface area (Å²) >= 11 is 0. The van der Waals surface area contributed by atoms with E-state index in [1.165, 1.54) is 12.1 Å². The molecule has 20 heavy (non-hydrogen) atoms. The number of hydrogen-bond donors (Lipinski definition) is 0. The molecule has 0 spiro atoms. The van der Waals surface area contributed by atoms with Gasteiger partial charge in [-0.05, 0) is 38.6 Å². The van der Waals surface area contributed by atoms with Crippen LogP contribution in [0.15, 0.2) is 24.3 Å². The van der Waals surface area contributed by atoms with Gasteiger partial charge in [-0.15, -0.1) is 0 Å². The second-order valence-corrected chi connectivity index (χ2v) is 4.91. The Bertz CT molecular complexity index is 441. The minimum Gasteiger partial charge on any atom is -0.462 e. The molecule has 0 saturated carbocycles. The lowest BCUT2D eigenvalue weighted by Gasteiger charge is -2.17. The summed E-state index contributed by atoms with van der Waals surface area (Å²) in [4.78, 5) is 13.1. The number of carbonyl (C=O) groups is 1. The first-order chi connectivity index (χ1) is 9.18. The second-order valence-electron chi connectivity index (χ2n) is 4.91. The van der Waals surface area contributed by atoms with Gasteiger partial charge in [0, 0.05) is 6.54 Å². The maximum atomic E-state index is 12.4. The number of hydrogen-bond acceptors (Lipinski definition) is 3. The zero-order valence-electron chi connectivity index (χ0n) is 11.7. The van der Waals surface area contributed by atoms with Crippen LogP contribution in [0.25, 0.3) is 0 Å². The minimum absolute atomic E-state index is 0.0964. The number of rotatable bonds is 5. The summed E-state index contributed by atoms with van der Waals surface area (Å²) in [5, 5.41) is 0. The molecule has 0 aromatic heterocycles. The van der Waals surface area contributed by atoms with Crippen LogP contribution in [0.1, 0.15) is 25.0 Å². The summed E-state index contributed by atoms with van der Waals surface area (Å²) < 4.78 is 42.2. The number of ether oxygens (including phenoxy) is 1. The standard InChI is InChI=1S/C14H18F3NO2/c1-10(2)20-13(19)9-18(3)8-11-4-6-12(7-5-11)14(15,16)17/h4-7,10H,8-9H2,1-3H3. The molecule has 0 unspecified atom stereocenters. The molecule has 0 aliphatic heterocycles. The van der Waals surface area contributed by atoms with Gasteiger partial charge in [0.15, 0.2) is 0 Å². The maximum absolute atomic E-state index is 12.4. The Balaban J connectivity index is 2.54. The van der Waals surface area contributed by atoms with Gasteiger partial charge in [-0.25, -0.2) is 0 Å². The fraction of sp³-hybridized carbons (Fsp3) is 0.500. The Morgan fingerprint density at radius 1 is 1.25 bits per heavy atom. The van der Waals surface area contributed by atoms with Crippen molar-refractivity contribution in [3.8, 4) is 0 Å². The molecule has 0 amide bonds. The summed E-state index contributed by atoms with van der Waals surface area (Å²) in [5.41, 5.74) is 0.0287. The van der Waals surface area contributed by atoms with Crippen LogP contribution in [0.5, 0.6) is 0 Å². The molecule has 0 N–H and O–H groups in total. The minimum atomic E-state index is -4.33. The predicted molar refractivity (Wildman–Crippen MR) is 69.0 cm³/mol. The Morgan fingerprint density at radius 3 is 2.25 bits per heavy atom. The largest absolute Gasteiger partial charge is 0.462 e. The first-order valence-corrected chi connectivity index (χ1v) is 6.22. The zero-order valence-corrected chi connectivity index (χ0v) is 11.7. The van der Waals surface area contributed by atoms with Crippen molar-refractivity contribution in [2.24, 2.45) is 0 Å². The summed E-state index contributed by atoms with van der Waals surface area (Å²) in [6.45, 7) is 3.99. The van der Waals surface area contributed by atoms with Crippen molar-refractivity contribution in [1.82, 2.24) is 4.90 Å². The van der Waals surface area contributed by atoms with Crippen LogP contribution < -0.4 is 0 Å². The lowest BCUT2D eigenvalue weighted by molar-refractivity contribution is -0.148. The van der Waals surface area contributed by atoms with Crippen LogP contribution in [0, 0.1) is 0 Å². The highest BCUT2D eigenvalue weighted by atomic mass is 19.4. The number of alkyl halides is 3. The van der Waals surface area contributed by atoms with Crippen molar-refractivity contribution >= 4 is 5.97 Å². The van der Waals surface area contributed by atoms with Crippen LogP contribution in [0.3, 0.4) is 0 Å². The molecule has 1 rings (SSSR count). The molecule has 0 aliphatic rings. The van der Waals surface area contributed by atoms with Gasteiger partial charge >= 0.3 is 12.1 Å². The molecule has 1 aromatic rings. The number of nitrogens with zero attached hydrogens (tertiary/aromatic N) is 1. The Kier molecular flexibility index (Phi) is 5.56. The Morgan fingerprint density at radius 2 is 1.80 bits per heavy atom. The summed E-state index contributed by atoms with van der Waals surface area (Å²) in [6, 6.07) is 4.89. The molecule has 0 fully saturated rings. The van der Waals surface area contributed by atoms with Crippen molar-refractivity contribution in [2.45, 2.75) is 32.7 Å². The van der Waals surface area contributed by atoms with E-state index in [0.717, 1.165) is 12.1 Å². The van der Waals surface area contributed by atoms with Gasteiger partial charge in [0.1, 0.15) is 0 Å². The first kappa shape index (κ1) is 16.5. The van der Waals surface area contributed by atoms with E-state index in [9.17, 15) is 18.0 Å². The van der Waals surface area contributed by atoms with Gasteiger partial charge in [0.05, 0.1) is 18.2 Å². The number of esters is 1. The monoisotopic (exact) mass is 289 g/mol. The number of likely N-dealkylation sites (N-methyl/N-ethyl adjacent to an activating group) is 1. The summed E-state index contributed by atoms with van der Waals surface area (Å²) in [6.07, 6.45) is -4.51. The van der Waals surface area contributed by atoms with Crippen LogP contribution in [-0.4, -0.2) is 30.6 Å². The van der Waals surface area contributed by atoms with E-state index < -0.39 is 11.7 Å². The van der Waals surface area contributed by atoms with Crippen molar-refractivity contribution in [3.05, 3.63) is 35.4 Å². The van der Waals surface area contributed by atoms with E-state index in [1.807, 2.05) is 0 Å². The van der Waals surface area contributed by atoms with E-state index in [4.69, 9.17) is 4.74 Å². The zero-order chi connectivity index (χ0) is 15.3. The third-order valence-electron chi connectivity index (χ3n) is 2.50. The highest BCUT2D eigenvalue weighted by molar-refractivity contribution is 5.71. The van der Waals surface area contributed by atoms with E-state index in [-0.39, 0.29) is 18.6 Å². The average Bonchev–Trinajstić information content (AvgIpc) is 2.26. The number of carbonyl (C=O) groups excluding carboxylic acids is 1. The highest BCUT2D eigenvalue weighted by Gasteiger charge is 2.29. The second kappa shape index (κ2) is 6.74. The fourth-order valence-corrected chi connectivity index (χ4v) is 1.69. The molecule has 6 heteroatoms. The van der Waals surface area contributed by atoms with Crippen LogP contribution in [-0.2, 0) is 22.3 Å². The molecule has 0 radical (unpaired) electrons. The lowest BCUT2D eigenvalue weighted by Crippen LogP contribution is -2.28. The molecular formula is C14H18F3NO2. The fourth-order valence-electron chi connectivity index (χ4n) is 1.69. The predicted octanol–water partition coefficient (Wildman–Crippen LogP) is 3.09. The van der Waals surface area contributed by atoms with Crippen molar-refractivity contribution in [2.75, 3.05) is 13.6 Å². The first-order valence-electron chi connectivity index (χ1n) is 6.22. The van der Waals surface area contributed by atoms with Crippen molar-refractivity contribution in [3.63, 3.8) is 0 Å². The van der Waals surface area contributed by atoms with Gasteiger partial charge < -0.3 is 4.74 Å². The molecular weight excluding hydrogens is 271 g/mol. The van der Waals surface area contributed by atoms with Gasteiger partial charge in [-0.3, -0.25) is 9.69 Å². The Hall–Kier alpha value is -1.56. The van der Waals surface area contributed by atoms with E-state index in [1.54, 1.807) is 25.8 Å². The van der Waals surface area contributed by atoms with Crippen molar-refractivity contribution < 1.29 is 22.7 Å². The number of benzene rings is 1. The molecule has 0 saturated heterocycles. The van der Waals surface area contributed by atoms with Gasteiger partial charge in [0.25, 0.3) is 0 Å². The summed E-state index contributed by atoms with van der Waals surface area (Å²) in [7, 11) is 1.71. The molecule has 0 bridgehead atoms. The van der Waals surface area contributed by atoms with E-state index >= 15 is 0 Å². The third kappa shape index (κ3) is 5.61.